The maximum Gasteiger partial charge on any atom is 0.210 e. The van der Waals surface area contributed by atoms with E-state index in [4.69, 9.17) is 14.2 Å². The number of aliphatic hydroxyl groups is 3. The third kappa shape index (κ3) is 2.23. The molecule has 3 aliphatic rings. The Balaban J connectivity index is 1.75. The molecule has 4 rings (SSSR count). The molecule has 0 saturated carbocycles. The van der Waals surface area contributed by atoms with Crippen LogP contribution in [0, 0.1) is 5.92 Å². The van der Waals surface area contributed by atoms with Crippen molar-refractivity contribution in [2.24, 2.45) is 5.92 Å². The molecule has 3 heterocycles. The molecule has 3 aliphatic heterocycles. The van der Waals surface area contributed by atoms with Crippen LogP contribution in [0.2, 0.25) is 0 Å². The second kappa shape index (κ2) is 5.56. The lowest BCUT2D eigenvalue weighted by molar-refractivity contribution is -0.454. The van der Waals surface area contributed by atoms with Crippen LogP contribution in [0.4, 0.5) is 0 Å². The minimum absolute atomic E-state index is 0.314. The van der Waals surface area contributed by atoms with E-state index in [1.807, 2.05) is 24.0 Å². The highest BCUT2D eigenvalue weighted by Gasteiger charge is 2.68. The van der Waals surface area contributed by atoms with Gasteiger partial charge in [0.25, 0.3) is 0 Å². The zero-order valence-corrected chi connectivity index (χ0v) is 14.7. The summed E-state index contributed by atoms with van der Waals surface area (Å²) < 4.78 is 16.3. The summed E-state index contributed by atoms with van der Waals surface area (Å²) in [5, 5.41) is 32.3. The molecule has 2 saturated heterocycles. The Morgan fingerprint density at radius 3 is 2.52 bits per heavy atom. The first-order valence-electron chi connectivity index (χ1n) is 8.69. The second-order valence-electron chi connectivity index (χ2n) is 7.18. The van der Waals surface area contributed by atoms with Gasteiger partial charge in [0.05, 0.1) is 26.2 Å². The van der Waals surface area contributed by atoms with E-state index in [-0.39, 0.29) is 5.92 Å². The molecular formula is C18H25NO6. The van der Waals surface area contributed by atoms with Crippen LogP contribution in [0.3, 0.4) is 0 Å². The predicted molar refractivity (Wildman–Crippen MR) is 88.3 cm³/mol. The van der Waals surface area contributed by atoms with Crippen LogP contribution in [0.25, 0.3) is 0 Å². The Kier molecular flexibility index (Phi) is 3.79. The largest absolute Gasteiger partial charge is 0.493 e. The number of benzene rings is 1. The van der Waals surface area contributed by atoms with Gasteiger partial charge < -0.3 is 29.5 Å². The van der Waals surface area contributed by atoms with Crippen LogP contribution in [-0.2, 0) is 11.2 Å². The molecule has 1 aromatic carbocycles. The maximum absolute atomic E-state index is 10.9. The average Bonchev–Trinajstić information content (AvgIpc) is 2.61. The molecule has 0 amide bonds. The van der Waals surface area contributed by atoms with Crippen molar-refractivity contribution < 1.29 is 29.5 Å². The Morgan fingerprint density at radius 1 is 1.20 bits per heavy atom. The summed E-state index contributed by atoms with van der Waals surface area (Å²) in [4.78, 5) is 2.03. The topological polar surface area (TPSA) is 91.6 Å². The molecule has 7 heteroatoms. The fourth-order valence-electron chi connectivity index (χ4n) is 4.62. The van der Waals surface area contributed by atoms with E-state index in [9.17, 15) is 15.3 Å². The molecule has 25 heavy (non-hydrogen) atoms. The summed E-state index contributed by atoms with van der Waals surface area (Å²) in [6.45, 7) is 3.08. The fraction of sp³-hybridized carbons (Fsp3) is 0.667. The molecule has 1 aromatic rings. The van der Waals surface area contributed by atoms with Gasteiger partial charge in [-0.15, -0.1) is 0 Å². The second-order valence-corrected chi connectivity index (χ2v) is 7.18. The number of piperidine rings is 1. The fourth-order valence-corrected chi connectivity index (χ4v) is 4.62. The van der Waals surface area contributed by atoms with Crippen LogP contribution >= 0.6 is 0 Å². The predicted octanol–water partition coefficient (Wildman–Crippen LogP) is 0.411. The van der Waals surface area contributed by atoms with E-state index in [1.165, 1.54) is 0 Å². The molecule has 0 bridgehead atoms. The van der Waals surface area contributed by atoms with Gasteiger partial charge in [-0.3, -0.25) is 4.90 Å². The number of rotatable bonds is 3. The highest BCUT2D eigenvalue weighted by atomic mass is 16.7. The van der Waals surface area contributed by atoms with Gasteiger partial charge >= 0.3 is 0 Å². The number of hydrogen-bond donors (Lipinski definition) is 3. The number of ether oxygens (including phenoxy) is 3. The van der Waals surface area contributed by atoms with Gasteiger partial charge in [0, 0.05) is 13.1 Å². The summed E-state index contributed by atoms with van der Waals surface area (Å²) in [5.74, 6) is -2.49. The number of nitrogens with zero attached hydrogens (tertiary/aromatic N) is 1. The summed E-state index contributed by atoms with van der Waals surface area (Å²) in [7, 11) is 3.14. The van der Waals surface area contributed by atoms with Crippen molar-refractivity contribution in [1.29, 1.82) is 0 Å². The lowest BCUT2D eigenvalue weighted by Gasteiger charge is -2.63. The van der Waals surface area contributed by atoms with E-state index in [0.717, 1.165) is 17.5 Å². The monoisotopic (exact) mass is 351 g/mol. The van der Waals surface area contributed by atoms with Gasteiger partial charge in [-0.05, 0) is 36.1 Å². The van der Waals surface area contributed by atoms with Crippen molar-refractivity contribution in [1.82, 2.24) is 4.90 Å². The molecule has 0 radical (unpaired) electrons. The number of fused-ring (bicyclic) bond motifs is 4. The van der Waals surface area contributed by atoms with Gasteiger partial charge in [-0.25, -0.2) is 0 Å². The van der Waals surface area contributed by atoms with Crippen LogP contribution in [0.5, 0.6) is 11.5 Å². The zero-order chi connectivity index (χ0) is 18.0. The normalized spacial score (nSPS) is 35.8. The van der Waals surface area contributed by atoms with Gasteiger partial charge in [0.1, 0.15) is 6.10 Å². The lowest BCUT2D eigenvalue weighted by atomic mass is 9.70. The Morgan fingerprint density at radius 2 is 1.88 bits per heavy atom. The van der Waals surface area contributed by atoms with E-state index >= 15 is 0 Å². The van der Waals surface area contributed by atoms with E-state index in [2.05, 4.69) is 0 Å². The van der Waals surface area contributed by atoms with Gasteiger partial charge in [0.15, 0.2) is 17.3 Å². The molecule has 4 unspecified atom stereocenters. The van der Waals surface area contributed by atoms with Gasteiger partial charge in [0.2, 0.25) is 5.79 Å². The molecule has 0 spiro atoms. The molecular weight excluding hydrogens is 326 g/mol. The van der Waals surface area contributed by atoms with E-state index < -0.39 is 23.7 Å². The summed E-state index contributed by atoms with van der Waals surface area (Å²) in [6.07, 6.45) is 0.382. The molecule has 0 aromatic heterocycles. The zero-order valence-electron chi connectivity index (χ0n) is 14.7. The van der Waals surface area contributed by atoms with Crippen molar-refractivity contribution in [2.45, 2.75) is 43.5 Å². The molecule has 0 aliphatic carbocycles. The third-order valence-electron chi connectivity index (χ3n) is 6.01. The van der Waals surface area contributed by atoms with Crippen molar-refractivity contribution in [3.8, 4) is 11.5 Å². The quantitative estimate of drug-likeness (QED) is 0.680. The van der Waals surface area contributed by atoms with Crippen LogP contribution < -0.4 is 9.47 Å². The molecule has 7 nitrogen and oxygen atoms in total. The van der Waals surface area contributed by atoms with Crippen LogP contribution in [0.15, 0.2) is 12.1 Å². The van der Waals surface area contributed by atoms with Gasteiger partial charge in [-0.1, -0.05) is 6.92 Å². The minimum Gasteiger partial charge on any atom is -0.493 e. The average molecular weight is 351 g/mol. The van der Waals surface area contributed by atoms with Crippen LogP contribution in [0.1, 0.15) is 30.5 Å². The highest BCUT2D eigenvalue weighted by molar-refractivity contribution is 5.50. The molecule has 4 atom stereocenters. The van der Waals surface area contributed by atoms with Crippen molar-refractivity contribution >= 4 is 0 Å². The third-order valence-corrected chi connectivity index (χ3v) is 6.01. The summed E-state index contributed by atoms with van der Waals surface area (Å²) in [6, 6.07) is 3.09. The number of methoxy groups -OCH3 is 2. The Hall–Kier alpha value is -1.38. The number of hydrogen-bond acceptors (Lipinski definition) is 7. The van der Waals surface area contributed by atoms with Crippen molar-refractivity contribution in [2.75, 3.05) is 27.3 Å². The van der Waals surface area contributed by atoms with E-state index in [1.54, 1.807) is 14.2 Å². The summed E-state index contributed by atoms with van der Waals surface area (Å²) in [5.41, 5.74) is 1.82. The van der Waals surface area contributed by atoms with Gasteiger partial charge in [-0.2, -0.15) is 0 Å². The lowest BCUT2D eigenvalue weighted by Crippen LogP contribution is -2.77. The molecule has 2 fully saturated rings. The summed E-state index contributed by atoms with van der Waals surface area (Å²) >= 11 is 0. The van der Waals surface area contributed by atoms with Crippen molar-refractivity contribution in [3.63, 3.8) is 0 Å². The Bertz CT molecular complexity index is 692. The standard InChI is InChI=1S/C18H25NO6/c1-4-17(20)12-9-19-6-5-10-7-13(23-2)14(24-3)8-11(10)15(19)18(21,22)16(12)25-17/h7-8,12,15-16,20-22H,4-6,9H2,1-3H3. The van der Waals surface area contributed by atoms with Crippen molar-refractivity contribution in [3.05, 3.63) is 23.3 Å². The molecule has 3 N–H and O–H groups in total. The maximum atomic E-state index is 10.9. The first-order chi connectivity index (χ1) is 11.9. The first kappa shape index (κ1) is 17.1. The van der Waals surface area contributed by atoms with Crippen LogP contribution in [-0.4, -0.2) is 65.2 Å². The smallest absolute Gasteiger partial charge is 0.210 e. The highest BCUT2D eigenvalue weighted by Crippen LogP contribution is 2.54. The molecule has 138 valence electrons. The SMILES string of the molecule is CCC1(O)OC2C1CN1CCc3cc(OC)c(OC)cc3C1C2(O)O. The minimum atomic E-state index is -2.08. The van der Waals surface area contributed by atoms with E-state index in [0.29, 0.717) is 31.0 Å². The first-order valence-corrected chi connectivity index (χ1v) is 8.69. The Labute approximate surface area is 146 Å².